The molecule has 0 fully saturated rings. The fourth-order valence-corrected chi connectivity index (χ4v) is 3.71. The number of nitrogens with one attached hydrogen (secondary N) is 1. The summed E-state index contributed by atoms with van der Waals surface area (Å²) in [5, 5.41) is 1.74. The lowest BCUT2D eigenvalue weighted by atomic mass is 9.90. The van der Waals surface area contributed by atoms with Crippen molar-refractivity contribution in [2.45, 2.75) is 30.5 Å². The molecule has 0 spiro atoms. The van der Waals surface area contributed by atoms with Crippen LogP contribution >= 0.6 is 11.3 Å². The summed E-state index contributed by atoms with van der Waals surface area (Å²) < 4.78 is 27.0. The summed E-state index contributed by atoms with van der Waals surface area (Å²) in [5.41, 5.74) is 5.04. The zero-order valence-corrected chi connectivity index (χ0v) is 11.4. The van der Waals surface area contributed by atoms with Gasteiger partial charge in [0.05, 0.1) is 0 Å². The Morgan fingerprint density at radius 3 is 2.56 bits per heavy atom. The summed E-state index contributed by atoms with van der Waals surface area (Å²) in [5.74, 6) is 0.132. The van der Waals surface area contributed by atoms with E-state index in [0.29, 0.717) is 4.21 Å². The van der Waals surface area contributed by atoms with Crippen LogP contribution in [-0.4, -0.2) is 20.5 Å². The molecule has 16 heavy (non-hydrogen) atoms. The summed E-state index contributed by atoms with van der Waals surface area (Å²) in [6.45, 7) is 5.99. The maximum absolute atomic E-state index is 12.0. The Hall–Kier alpha value is -0.430. The molecule has 4 nitrogen and oxygen atoms in total. The lowest BCUT2D eigenvalue weighted by Gasteiger charge is -2.32. The maximum Gasteiger partial charge on any atom is 0.250 e. The minimum Gasteiger partial charge on any atom is -0.329 e. The first-order valence-electron chi connectivity index (χ1n) is 5.09. The molecule has 0 aliphatic rings. The largest absolute Gasteiger partial charge is 0.329 e. The standard InChI is InChI=1S/C10H18N2O2S2/c1-8(2)10(3,7-11)12-16(13,14)9-5-4-6-15-9/h4-6,8,12H,7,11H2,1-3H3. The van der Waals surface area contributed by atoms with Crippen molar-refractivity contribution in [3.8, 4) is 0 Å². The second-order valence-electron chi connectivity index (χ2n) is 4.31. The van der Waals surface area contributed by atoms with Crippen molar-refractivity contribution in [1.82, 2.24) is 4.72 Å². The predicted molar refractivity (Wildman–Crippen MR) is 66.9 cm³/mol. The number of hydrogen-bond acceptors (Lipinski definition) is 4. The van der Waals surface area contributed by atoms with Gasteiger partial charge in [-0.25, -0.2) is 13.1 Å². The van der Waals surface area contributed by atoms with Crippen LogP contribution in [0, 0.1) is 5.92 Å². The third kappa shape index (κ3) is 2.82. The van der Waals surface area contributed by atoms with E-state index < -0.39 is 15.6 Å². The normalized spacial score (nSPS) is 16.3. The van der Waals surface area contributed by atoms with Gasteiger partial charge in [-0.2, -0.15) is 0 Å². The topological polar surface area (TPSA) is 72.2 Å². The van der Waals surface area contributed by atoms with Gasteiger partial charge >= 0.3 is 0 Å². The van der Waals surface area contributed by atoms with Gasteiger partial charge in [-0.15, -0.1) is 11.3 Å². The second-order valence-corrected chi connectivity index (χ2v) is 7.17. The minimum absolute atomic E-state index is 0.132. The van der Waals surface area contributed by atoms with Crippen molar-refractivity contribution in [1.29, 1.82) is 0 Å². The van der Waals surface area contributed by atoms with Crippen molar-refractivity contribution in [3.05, 3.63) is 17.5 Å². The van der Waals surface area contributed by atoms with Crippen molar-refractivity contribution < 1.29 is 8.42 Å². The van der Waals surface area contributed by atoms with Crippen LogP contribution in [0.25, 0.3) is 0 Å². The van der Waals surface area contributed by atoms with Gasteiger partial charge in [0.15, 0.2) is 0 Å². The molecular formula is C10H18N2O2S2. The van der Waals surface area contributed by atoms with Crippen LogP contribution in [-0.2, 0) is 10.0 Å². The molecule has 3 N–H and O–H groups in total. The molecular weight excluding hydrogens is 244 g/mol. The highest BCUT2D eigenvalue weighted by Gasteiger charge is 2.32. The first-order chi connectivity index (χ1) is 7.32. The number of hydrogen-bond donors (Lipinski definition) is 2. The molecule has 1 atom stereocenters. The Bertz CT molecular complexity index is 426. The molecule has 1 aromatic rings. The van der Waals surface area contributed by atoms with E-state index >= 15 is 0 Å². The molecule has 0 radical (unpaired) electrons. The monoisotopic (exact) mass is 262 g/mol. The SMILES string of the molecule is CC(C)C(C)(CN)NS(=O)(=O)c1cccs1. The smallest absolute Gasteiger partial charge is 0.250 e. The van der Waals surface area contributed by atoms with Crippen molar-refractivity contribution in [3.63, 3.8) is 0 Å². The number of sulfonamides is 1. The first kappa shape index (κ1) is 13.6. The van der Waals surface area contributed by atoms with Crippen molar-refractivity contribution in [2.24, 2.45) is 11.7 Å². The predicted octanol–water partition coefficient (Wildman–Crippen LogP) is 1.40. The average molecular weight is 262 g/mol. The van der Waals surface area contributed by atoms with E-state index in [0.717, 1.165) is 0 Å². The van der Waals surface area contributed by atoms with Crippen LogP contribution in [0.5, 0.6) is 0 Å². The molecule has 92 valence electrons. The molecule has 6 heteroatoms. The van der Waals surface area contributed by atoms with Gasteiger partial charge in [0.2, 0.25) is 0 Å². The van der Waals surface area contributed by atoms with Gasteiger partial charge in [0.1, 0.15) is 4.21 Å². The zero-order valence-electron chi connectivity index (χ0n) is 9.73. The number of rotatable bonds is 5. The fourth-order valence-electron chi connectivity index (χ4n) is 1.17. The van der Waals surface area contributed by atoms with E-state index in [1.807, 2.05) is 20.8 Å². The molecule has 0 saturated carbocycles. The van der Waals surface area contributed by atoms with E-state index in [9.17, 15) is 8.42 Å². The van der Waals surface area contributed by atoms with Gasteiger partial charge < -0.3 is 5.73 Å². The summed E-state index contributed by atoms with van der Waals surface area (Å²) in [6.07, 6.45) is 0. The Kier molecular flexibility index (Phi) is 4.12. The van der Waals surface area contributed by atoms with E-state index in [2.05, 4.69) is 4.72 Å². The summed E-state index contributed by atoms with van der Waals surface area (Å²) in [4.78, 5) is 0. The van der Waals surface area contributed by atoms with Crippen LogP contribution in [0.1, 0.15) is 20.8 Å². The van der Waals surface area contributed by atoms with Gasteiger partial charge in [0, 0.05) is 12.1 Å². The minimum atomic E-state index is -3.44. The highest BCUT2D eigenvalue weighted by molar-refractivity contribution is 7.91. The van der Waals surface area contributed by atoms with Crippen LogP contribution in [0.2, 0.25) is 0 Å². The van der Waals surface area contributed by atoms with Gasteiger partial charge in [-0.1, -0.05) is 19.9 Å². The van der Waals surface area contributed by atoms with E-state index in [4.69, 9.17) is 5.73 Å². The Labute approximate surface area is 101 Å². The molecule has 0 aliphatic heterocycles. The van der Waals surface area contributed by atoms with E-state index in [1.165, 1.54) is 11.3 Å². The third-order valence-electron chi connectivity index (χ3n) is 2.83. The second kappa shape index (κ2) is 4.83. The Morgan fingerprint density at radius 2 is 2.19 bits per heavy atom. The molecule has 1 aromatic heterocycles. The third-order valence-corrected chi connectivity index (χ3v) is 5.84. The van der Waals surface area contributed by atoms with Gasteiger partial charge in [-0.05, 0) is 24.3 Å². The Balaban J connectivity index is 2.97. The van der Waals surface area contributed by atoms with Crippen LogP contribution in [0.3, 0.4) is 0 Å². The van der Waals surface area contributed by atoms with Gasteiger partial charge in [0.25, 0.3) is 10.0 Å². The highest BCUT2D eigenvalue weighted by atomic mass is 32.2. The maximum atomic E-state index is 12.0. The zero-order chi connectivity index (χ0) is 12.4. The fraction of sp³-hybridized carbons (Fsp3) is 0.600. The summed E-state index contributed by atoms with van der Waals surface area (Å²) in [7, 11) is -3.44. The average Bonchev–Trinajstić information content (AvgIpc) is 2.70. The highest BCUT2D eigenvalue weighted by Crippen LogP contribution is 2.21. The lowest BCUT2D eigenvalue weighted by Crippen LogP contribution is -2.54. The first-order valence-corrected chi connectivity index (χ1v) is 7.45. The van der Waals surface area contributed by atoms with E-state index in [-0.39, 0.29) is 12.5 Å². The number of nitrogens with two attached hydrogens (primary N) is 1. The molecule has 0 aliphatic carbocycles. The molecule has 1 heterocycles. The summed E-state index contributed by atoms with van der Waals surface area (Å²) >= 11 is 1.20. The lowest BCUT2D eigenvalue weighted by molar-refractivity contribution is 0.315. The molecule has 1 unspecified atom stereocenters. The van der Waals surface area contributed by atoms with Crippen molar-refractivity contribution in [2.75, 3.05) is 6.54 Å². The van der Waals surface area contributed by atoms with Crippen LogP contribution < -0.4 is 10.5 Å². The molecule has 1 rings (SSSR count). The van der Waals surface area contributed by atoms with Crippen LogP contribution in [0.15, 0.2) is 21.7 Å². The quantitative estimate of drug-likeness (QED) is 0.842. The molecule has 0 saturated heterocycles. The number of thiophene rings is 1. The molecule has 0 aromatic carbocycles. The Morgan fingerprint density at radius 1 is 1.56 bits per heavy atom. The van der Waals surface area contributed by atoms with Crippen LogP contribution in [0.4, 0.5) is 0 Å². The molecule has 0 amide bonds. The summed E-state index contributed by atoms with van der Waals surface area (Å²) in [6, 6.07) is 3.30. The molecule has 0 bridgehead atoms. The van der Waals surface area contributed by atoms with Gasteiger partial charge in [-0.3, -0.25) is 0 Å². The van der Waals surface area contributed by atoms with Crippen molar-refractivity contribution >= 4 is 21.4 Å². The van der Waals surface area contributed by atoms with E-state index in [1.54, 1.807) is 17.5 Å².